The molecule has 9 nitrogen and oxygen atoms in total. The Morgan fingerprint density at radius 2 is 1.88 bits per heavy atom. The first-order valence-electron chi connectivity index (χ1n) is 10.2. The lowest BCUT2D eigenvalue weighted by Crippen LogP contribution is -2.31. The van der Waals surface area contributed by atoms with Gasteiger partial charge in [0.2, 0.25) is 0 Å². The van der Waals surface area contributed by atoms with Crippen LogP contribution in [0.5, 0.6) is 5.75 Å². The maximum absolute atomic E-state index is 12.3. The van der Waals surface area contributed by atoms with E-state index in [-0.39, 0.29) is 6.61 Å². The topological polar surface area (TPSA) is 108 Å². The number of para-hydroxylation sites is 1. The Hall–Kier alpha value is -3.79. The zero-order valence-electron chi connectivity index (χ0n) is 17.2. The molecule has 2 aromatic heterocycles. The molecule has 0 atom stereocenters. The highest BCUT2D eigenvalue weighted by atomic mass is 79.9. The lowest BCUT2D eigenvalue weighted by molar-refractivity contribution is -0.114. The molecule has 0 saturated heterocycles. The minimum absolute atomic E-state index is 0.134. The number of halogens is 1. The Kier molecular flexibility index (Phi) is 5.51. The molecule has 10 heteroatoms. The number of ketones is 1. The summed E-state index contributed by atoms with van der Waals surface area (Å²) in [5.41, 5.74) is 1.59. The van der Waals surface area contributed by atoms with Crippen LogP contribution in [0.15, 0.2) is 68.4 Å². The van der Waals surface area contributed by atoms with Gasteiger partial charge in [-0.15, -0.1) is 5.10 Å². The number of ether oxygens (including phenoxy) is 1. The van der Waals surface area contributed by atoms with Crippen molar-refractivity contribution in [1.82, 2.24) is 15.0 Å². The first kappa shape index (κ1) is 21.1. The summed E-state index contributed by atoms with van der Waals surface area (Å²) >= 11 is 3.33. The summed E-state index contributed by atoms with van der Waals surface area (Å²) in [4.78, 5) is 37.8. The smallest absolute Gasteiger partial charge is 0.339 e. The van der Waals surface area contributed by atoms with Crippen LogP contribution in [0, 0.1) is 0 Å². The Morgan fingerprint density at radius 1 is 1.03 bits per heavy atom. The van der Waals surface area contributed by atoms with Crippen molar-refractivity contribution in [2.45, 2.75) is 19.6 Å². The summed E-state index contributed by atoms with van der Waals surface area (Å²) in [5.74, 6) is -0.594. The molecule has 0 spiro atoms. The molecule has 0 saturated carbocycles. The van der Waals surface area contributed by atoms with Gasteiger partial charge in [0.25, 0.3) is 11.7 Å². The monoisotopic (exact) mass is 508 g/mol. The predicted molar refractivity (Wildman–Crippen MR) is 122 cm³/mol. The Labute approximate surface area is 195 Å². The number of Topliss-reactive ketones (excluding diaryl/α,β-unsaturated/α-hetero) is 1. The summed E-state index contributed by atoms with van der Waals surface area (Å²) < 4.78 is 13.4. The lowest BCUT2D eigenvalue weighted by atomic mass is 10.1. The molecule has 1 aliphatic rings. The number of hydrogen-bond donors (Lipinski definition) is 0. The van der Waals surface area contributed by atoms with Gasteiger partial charge in [0.05, 0.1) is 28.9 Å². The molecule has 0 unspecified atom stereocenters. The van der Waals surface area contributed by atoms with E-state index in [0.717, 1.165) is 4.47 Å². The first-order chi connectivity index (χ1) is 16.0. The van der Waals surface area contributed by atoms with Crippen molar-refractivity contribution in [3.63, 3.8) is 0 Å². The summed E-state index contributed by atoms with van der Waals surface area (Å²) in [6.07, 6.45) is 2.33. The van der Waals surface area contributed by atoms with Gasteiger partial charge in [-0.05, 0) is 36.8 Å². The Balaban J connectivity index is 1.20. The van der Waals surface area contributed by atoms with E-state index in [2.05, 4.69) is 26.2 Å². The van der Waals surface area contributed by atoms with E-state index in [4.69, 9.17) is 9.15 Å². The maximum Gasteiger partial charge on any atom is 0.339 e. The molecule has 166 valence electrons. The number of rotatable bonds is 7. The third kappa shape index (κ3) is 4.17. The molecule has 0 fully saturated rings. The minimum Gasteiger partial charge on any atom is -0.486 e. The van der Waals surface area contributed by atoms with E-state index in [1.807, 2.05) is 12.1 Å². The number of fused-ring (bicyclic) bond motifs is 2. The molecule has 4 aromatic rings. The molecule has 3 heterocycles. The van der Waals surface area contributed by atoms with Gasteiger partial charge in [-0.3, -0.25) is 14.3 Å². The second-order valence-electron chi connectivity index (χ2n) is 7.49. The van der Waals surface area contributed by atoms with E-state index in [1.165, 1.54) is 11.0 Å². The van der Waals surface area contributed by atoms with Gasteiger partial charge < -0.3 is 14.1 Å². The molecule has 0 bridgehead atoms. The normalized spacial score (nSPS) is 13.1. The second kappa shape index (κ2) is 8.62. The zero-order chi connectivity index (χ0) is 22.9. The average Bonchev–Trinajstić information content (AvgIpc) is 3.35. The number of hydrogen-bond acceptors (Lipinski definition) is 7. The van der Waals surface area contributed by atoms with Crippen LogP contribution in [0.25, 0.3) is 11.0 Å². The highest BCUT2D eigenvalue weighted by molar-refractivity contribution is 9.10. The Morgan fingerprint density at radius 3 is 2.76 bits per heavy atom. The quantitative estimate of drug-likeness (QED) is 0.278. The molecule has 5 rings (SSSR count). The molecule has 0 aliphatic carbocycles. The molecular formula is C23H17BrN4O5. The van der Waals surface area contributed by atoms with Crippen LogP contribution < -0.4 is 15.3 Å². The number of aromatic nitrogens is 3. The van der Waals surface area contributed by atoms with Crippen molar-refractivity contribution in [3.05, 3.63) is 80.9 Å². The van der Waals surface area contributed by atoms with Crippen molar-refractivity contribution in [3.8, 4) is 5.75 Å². The SMILES string of the molecule is O=C1C(=O)N(CCCn2cc(COc3cc(=O)oc4ccccc34)nn2)c2ccc(Br)cc21. The van der Waals surface area contributed by atoms with Crippen LogP contribution >= 0.6 is 15.9 Å². The van der Waals surface area contributed by atoms with Crippen LogP contribution in [0.1, 0.15) is 22.5 Å². The largest absolute Gasteiger partial charge is 0.486 e. The van der Waals surface area contributed by atoms with Crippen LogP contribution in [0.2, 0.25) is 0 Å². The van der Waals surface area contributed by atoms with Gasteiger partial charge in [0.15, 0.2) is 0 Å². The minimum atomic E-state index is -0.518. The van der Waals surface area contributed by atoms with Gasteiger partial charge in [-0.1, -0.05) is 33.3 Å². The van der Waals surface area contributed by atoms with Crippen molar-refractivity contribution < 1.29 is 18.7 Å². The number of aryl methyl sites for hydroxylation is 1. The molecule has 1 aliphatic heterocycles. The van der Waals surface area contributed by atoms with Gasteiger partial charge >= 0.3 is 5.63 Å². The van der Waals surface area contributed by atoms with E-state index in [9.17, 15) is 14.4 Å². The second-order valence-corrected chi connectivity index (χ2v) is 8.40. The third-order valence-corrected chi connectivity index (χ3v) is 5.77. The zero-order valence-corrected chi connectivity index (χ0v) is 18.8. The van der Waals surface area contributed by atoms with E-state index < -0.39 is 17.3 Å². The van der Waals surface area contributed by atoms with Gasteiger partial charge in [0, 0.05) is 17.6 Å². The standard InChI is InChI=1S/C23H17BrN4O5/c24-14-6-7-18-17(10-14)22(30)23(31)28(18)9-3-8-27-12-15(25-26-27)13-32-20-11-21(29)33-19-5-2-1-4-16(19)20/h1-2,4-7,10-12H,3,8-9,13H2. The summed E-state index contributed by atoms with van der Waals surface area (Å²) in [5, 5.41) is 8.89. The van der Waals surface area contributed by atoms with Gasteiger partial charge in [-0.2, -0.15) is 0 Å². The van der Waals surface area contributed by atoms with Crippen molar-refractivity contribution in [2.24, 2.45) is 0 Å². The molecule has 0 N–H and O–H groups in total. The lowest BCUT2D eigenvalue weighted by Gasteiger charge is -2.16. The predicted octanol–water partition coefficient (Wildman–Crippen LogP) is 3.35. The molecular weight excluding hydrogens is 492 g/mol. The summed E-state index contributed by atoms with van der Waals surface area (Å²) in [7, 11) is 0. The number of benzene rings is 2. The van der Waals surface area contributed by atoms with Crippen LogP contribution in [0.4, 0.5) is 5.69 Å². The van der Waals surface area contributed by atoms with E-state index in [0.29, 0.717) is 53.2 Å². The first-order valence-corrected chi connectivity index (χ1v) is 11.0. The van der Waals surface area contributed by atoms with Crippen molar-refractivity contribution in [1.29, 1.82) is 0 Å². The number of anilines is 1. The van der Waals surface area contributed by atoms with Gasteiger partial charge in [-0.25, -0.2) is 4.79 Å². The number of nitrogens with zero attached hydrogens (tertiary/aromatic N) is 4. The molecule has 0 radical (unpaired) electrons. The van der Waals surface area contributed by atoms with Crippen molar-refractivity contribution in [2.75, 3.05) is 11.4 Å². The maximum atomic E-state index is 12.3. The average molecular weight is 509 g/mol. The highest BCUT2D eigenvalue weighted by Gasteiger charge is 2.35. The van der Waals surface area contributed by atoms with Crippen LogP contribution in [-0.2, 0) is 17.9 Å². The van der Waals surface area contributed by atoms with Crippen LogP contribution in [-0.4, -0.2) is 33.2 Å². The summed E-state index contributed by atoms with van der Waals surface area (Å²) in [6.45, 7) is 1.03. The molecule has 33 heavy (non-hydrogen) atoms. The fourth-order valence-corrected chi connectivity index (χ4v) is 4.11. The van der Waals surface area contributed by atoms with E-state index >= 15 is 0 Å². The molecule has 1 amide bonds. The fraction of sp³-hybridized carbons (Fsp3) is 0.174. The number of carbonyl (C=O) groups is 2. The highest BCUT2D eigenvalue weighted by Crippen LogP contribution is 2.31. The van der Waals surface area contributed by atoms with Crippen molar-refractivity contribution >= 4 is 44.3 Å². The Bertz CT molecular complexity index is 1440. The fourth-order valence-electron chi connectivity index (χ4n) is 3.75. The number of carbonyl (C=O) groups excluding carboxylic acids is 2. The molecule has 2 aromatic carbocycles. The van der Waals surface area contributed by atoms with Crippen LogP contribution in [0.3, 0.4) is 0 Å². The third-order valence-electron chi connectivity index (χ3n) is 5.28. The number of amides is 1. The van der Waals surface area contributed by atoms with Gasteiger partial charge in [0.1, 0.15) is 23.6 Å². The van der Waals surface area contributed by atoms with E-state index in [1.54, 1.807) is 41.2 Å². The summed E-state index contributed by atoms with van der Waals surface area (Å²) in [6, 6.07) is 13.7.